The number of aryl methyl sites for hydroxylation is 1. The molecule has 1 aliphatic heterocycles. The fourth-order valence-electron chi connectivity index (χ4n) is 2.97. The van der Waals surface area contributed by atoms with Crippen molar-refractivity contribution in [1.82, 2.24) is 29.8 Å². The summed E-state index contributed by atoms with van der Waals surface area (Å²) in [7, 11) is 5.38. The third-order valence-corrected chi connectivity index (χ3v) is 4.30. The number of ether oxygens (including phenoxy) is 1. The van der Waals surface area contributed by atoms with Gasteiger partial charge in [-0.2, -0.15) is 13.2 Å². The predicted octanol–water partition coefficient (Wildman–Crippen LogP) is 1.64. The monoisotopic (exact) mass is 444 g/mol. The minimum atomic E-state index is -5.08. The van der Waals surface area contributed by atoms with Crippen molar-refractivity contribution in [2.24, 2.45) is 7.05 Å². The Labute approximate surface area is 176 Å². The molecule has 13 heteroatoms. The zero-order valence-corrected chi connectivity index (χ0v) is 17.2. The van der Waals surface area contributed by atoms with Crippen molar-refractivity contribution >= 4 is 12.0 Å². The molecular formula is C18H23F3N6O4. The van der Waals surface area contributed by atoms with Crippen LogP contribution >= 0.6 is 0 Å². The van der Waals surface area contributed by atoms with Crippen LogP contribution in [0.15, 0.2) is 24.4 Å². The Morgan fingerprint density at radius 1 is 1.32 bits per heavy atom. The van der Waals surface area contributed by atoms with Crippen LogP contribution in [-0.4, -0.2) is 80.3 Å². The van der Waals surface area contributed by atoms with Crippen LogP contribution in [0.1, 0.15) is 23.0 Å². The number of hydrogen-bond donors (Lipinski definition) is 1. The van der Waals surface area contributed by atoms with Crippen LogP contribution in [0.3, 0.4) is 0 Å². The molecule has 2 aromatic heterocycles. The predicted molar refractivity (Wildman–Crippen MR) is 101 cm³/mol. The highest BCUT2D eigenvalue weighted by Crippen LogP contribution is 2.27. The molecule has 1 unspecified atom stereocenters. The van der Waals surface area contributed by atoms with Crippen LogP contribution in [0, 0.1) is 0 Å². The molecule has 0 saturated heterocycles. The lowest BCUT2D eigenvalue weighted by molar-refractivity contribution is -0.192. The van der Waals surface area contributed by atoms with Crippen LogP contribution < -0.4 is 0 Å². The van der Waals surface area contributed by atoms with Gasteiger partial charge in [0.15, 0.2) is 0 Å². The second kappa shape index (κ2) is 10.2. The topological polar surface area (TPSA) is 114 Å². The summed E-state index contributed by atoms with van der Waals surface area (Å²) in [4.78, 5) is 28.8. The Balaban J connectivity index is 0.000000423. The third kappa shape index (κ3) is 6.64. The molecule has 10 nitrogen and oxygen atoms in total. The second-order valence-electron chi connectivity index (χ2n) is 6.94. The summed E-state index contributed by atoms with van der Waals surface area (Å²) in [6.07, 6.45) is -3.33. The largest absolute Gasteiger partial charge is 0.490 e. The number of amides is 2. The Morgan fingerprint density at radius 3 is 2.55 bits per heavy atom. The number of pyridine rings is 1. The number of aliphatic carboxylic acids is 1. The number of carbonyl (C=O) groups is 2. The fourth-order valence-corrected chi connectivity index (χ4v) is 2.97. The molecule has 0 saturated carbocycles. The van der Waals surface area contributed by atoms with Gasteiger partial charge in [0, 0.05) is 39.8 Å². The molecule has 2 amide bonds. The minimum Gasteiger partial charge on any atom is -0.475 e. The van der Waals surface area contributed by atoms with E-state index >= 15 is 0 Å². The number of aromatic nitrogens is 4. The average Bonchev–Trinajstić information content (AvgIpc) is 3.09. The molecule has 0 fully saturated rings. The highest BCUT2D eigenvalue weighted by atomic mass is 19.4. The highest BCUT2D eigenvalue weighted by molar-refractivity contribution is 5.74. The van der Waals surface area contributed by atoms with Gasteiger partial charge in [0.05, 0.1) is 31.1 Å². The van der Waals surface area contributed by atoms with Crippen molar-refractivity contribution in [2.45, 2.75) is 25.2 Å². The number of carboxylic acids is 1. The van der Waals surface area contributed by atoms with Gasteiger partial charge in [0.2, 0.25) is 0 Å². The summed E-state index contributed by atoms with van der Waals surface area (Å²) in [6, 6.07) is 5.72. The first kappa shape index (κ1) is 24.1. The van der Waals surface area contributed by atoms with Gasteiger partial charge in [0.25, 0.3) is 0 Å². The SMILES string of the molecule is CN(C)C(=O)N1Cc2nnn(C)c2C(COCc2ccccn2)C1.O=C(O)C(F)(F)F. The van der Waals surface area contributed by atoms with Crippen molar-refractivity contribution < 1.29 is 32.6 Å². The number of carboxylic acid groups (broad SMARTS) is 1. The quantitative estimate of drug-likeness (QED) is 0.763. The maximum absolute atomic E-state index is 12.3. The number of fused-ring (bicyclic) bond motifs is 1. The van der Waals surface area contributed by atoms with E-state index in [-0.39, 0.29) is 11.9 Å². The molecular weight excluding hydrogens is 421 g/mol. The summed E-state index contributed by atoms with van der Waals surface area (Å²) in [6.45, 7) is 2.01. The van der Waals surface area contributed by atoms with Crippen LogP contribution in [0.25, 0.3) is 0 Å². The van der Waals surface area contributed by atoms with Gasteiger partial charge < -0.3 is 19.6 Å². The first-order valence-electron chi connectivity index (χ1n) is 9.13. The van der Waals surface area contributed by atoms with Gasteiger partial charge in [-0.3, -0.25) is 9.67 Å². The average molecular weight is 444 g/mol. The zero-order valence-electron chi connectivity index (χ0n) is 17.2. The maximum atomic E-state index is 12.3. The molecule has 1 N–H and O–H groups in total. The van der Waals surface area contributed by atoms with Crippen molar-refractivity contribution in [3.05, 3.63) is 41.5 Å². The number of carbonyl (C=O) groups excluding carboxylic acids is 1. The van der Waals surface area contributed by atoms with Gasteiger partial charge >= 0.3 is 18.2 Å². The number of hydrogen-bond acceptors (Lipinski definition) is 6. The third-order valence-electron chi connectivity index (χ3n) is 4.30. The van der Waals surface area contributed by atoms with Gasteiger partial charge in [-0.1, -0.05) is 11.3 Å². The van der Waals surface area contributed by atoms with E-state index in [1.54, 1.807) is 34.8 Å². The summed E-state index contributed by atoms with van der Waals surface area (Å²) in [5.74, 6) is -2.71. The normalized spacial score (nSPS) is 15.5. The molecule has 0 spiro atoms. The van der Waals surface area contributed by atoms with Crippen LogP contribution in [0.2, 0.25) is 0 Å². The van der Waals surface area contributed by atoms with E-state index in [0.29, 0.717) is 26.3 Å². The zero-order chi connectivity index (χ0) is 23.2. The molecule has 1 aliphatic rings. The van der Waals surface area contributed by atoms with Crippen molar-refractivity contribution in [2.75, 3.05) is 27.2 Å². The Kier molecular flexibility index (Phi) is 7.91. The fraction of sp³-hybridized carbons (Fsp3) is 0.500. The standard InChI is InChI=1S/C16H22N6O2.C2HF3O2/c1-20(2)16(23)22-8-12(15-14(9-22)18-19-21(15)3)10-24-11-13-6-4-5-7-17-13;3-2(4,5)1(6)7/h4-7,12H,8-11H2,1-3H3;(H,6,7). The van der Waals surface area contributed by atoms with E-state index in [9.17, 15) is 18.0 Å². The Morgan fingerprint density at radius 2 is 2.00 bits per heavy atom. The van der Waals surface area contributed by atoms with Crippen LogP contribution in [0.4, 0.5) is 18.0 Å². The minimum absolute atomic E-state index is 0.0268. The molecule has 31 heavy (non-hydrogen) atoms. The Bertz CT molecular complexity index is 888. The van der Waals surface area contributed by atoms with Gasteiger partial charge in [-0.15, -0.1) is 5.10 Å². The van der Waals surface area contributed by atoms with Crippen LogP contribution in [0.5, 0.6) is 0 Å². The summed E-state index contributed by atoms with van der Waals surface area (Å²) < 4.78 is 39.4. The Hall–Kier alpha value is -3.22. The number of halogens is 3. The van der Waals surface area contributed by atoms with Gasteiger partial charge in [-0.05, 0) is 12.1 Å². The number of urea groups is 1. The molecule has 3 rings (SSSR count). The van der Waals surface area contributed by atoms with Crippen molar-refractivity contribution in [3.8, 4) is 0 Å². The first-order chi connectivity index (χ1) is 14.5. The van der Waals surface area contributed by atoms with E-state index in [4.69, 9.17) is 14.6 Å². The first-order valence-corrected chi connectivity index (χ1v) is 9.13. The molecule has 170 valence electrons. The summed E-state index contributed by atoms with van der Waals surface area (Å²) in [5.41, 5.74) is 2.77. The van der Waals surface area contributed by atoms with E-state index in [1.807, 2.05) is 25.2 Å². The molecule has 0 aromatic carbocycles. The molecule has 3 heterocycles. The molecule has 0 radical (unpaired) electrons. The smallest absolute Gasteiger partial charge is 0.475 e. The second-order valence-corrected chi connectivity index (χ2v) is 6.94. The maximum Gasteiger partial charge on any atom is 0.490 e. The number of nitrogens with zero attached hydrogens (tertiary/aromatic N) is 6. The van der Waals surface area contributed by atoms with E-state index in [2.05, 4.69) is 15.3 Å². The number of alkyl halides is 3. The summed E-state index contributed by atoms with van der Waals surface area (Å²) in [5, 5.41) is 15.4. The lowest BCUT2D eigenvalue weighted by Crippen LogP contribution is -2.44. The lowest BCUT2D eigenvalue weighted by atomic mass is 9.99. The summed E-state index contributed by atoms with van der Waals surface area (Å²) >= 11 is 0. The molecule has 0 bridgehead atoms. The van der Waals surface area contributed by atoms with E-state index in [0.717, 1.165) is 17.1 Å². The molecule has 2 aromatic rings. The molecule has 1 atom stereocenters. The highest BCUT2D eigenvalue weighted by Gasteiger charge is 2.38. The molecule has 0 aliphatic carbocycles. The number of rotatable bonds is 4. The lowest BCUT2D eigenvalue weighted by Gasteiger charge is -2.33. The van der Waals surface area contributed by atoms with E-state index in [1.165, 1.54) is 0 Å². The van der Waals surface area contributed by atoms with Crippen molar-refractivity contribution in [1.29, 1.82) is 0 Å². The van der Waals surface area contributed by atoms with Gasteiger partial charge in [0.1, 0.15) is 5.69 Å². The van der Waals surface area contributed by atoms with Crippen molar-refractivity contribution in [3.63, 3.8) is 0 Å². The van der Waals surface area contributed by atoms with E-state index < -0.39 is 12.1 Å². The van der Waals surface area contributed by atoms with Crippen LogP contribution in [-0.2, 0) is 29.7 Å². The van der Waals surface area contributed by atoms with Gasteiger partial charge in [-0.25, -0.2) is 9.59 Å².